The molecule has 0 aliphatic carbocycles. The molecule has 244 valence electrons. The number of hydrogen-bond donors (Lipinski definition) is 2. The lowest BCUT2D eigenvalue weighted by atomic mass is 9.88. The van der Waals surface area contributed by atoms with Crippen LogP contribution in [0, 0.1) is 5.92 Å². The van der Waals surface area contributed by atoms with Crippen LogP contribution in [-0.4, -0.2) is 72.5 Å². The Morgan fingerprint density at radius 3 is 1.96 bits per heavy atom. The standard InChI is InChI=1S/C35H46F2N2O5Si/c1-34(2,3)45(30-15-9-5-10-16-30,31-17-11-6-12-18-31)44-24-23-42-22-21-41-20-19-29-25-38-27-35(36,37)32(29)39-33(40)43-26-28-13-7-4-8-14-28/h4-18,29,32,38H,19-27H2,1-3H3,(H,39,40). The van der Waals surface area contributed by atoms with E-state index in [9.17, 15) is 13.6 Å². The maximum absolute atomic E-state index is 14.8. The highest BCUT2D eigenvalue weighted by Gasteiger charge is 2.50. The van der Waals surface area contributed by atoms with Crippen molar-refractivity contribution in [2.45, 2.75) is 50.8 Å². The number of alkyl carbamates (subject to hydrolysis) is 1. The fraction of sp³-hybridized carbons (Fsp3) is 0.457. The van der Waals surface area contributed by atoms with E-state index in [0.717, 1.165) is 5.56 Å². The van der Waals surface area contributed by atoms with E-state index in [0.29, 0.717) is 39.4 Å². The minimum Gasteiger partial charge on any atom is -0.445 e. The number of benzene rings is 3. The van der Waals surface area contributed by atoms with E-state index in [1.54, 1.807) is 12.1 Å². The molecule has 1 aliphatic heterocycles. The minimum absolute atomic E-state index is 0.0138. The molecule has 1 amide bonds. The highest BCUT2D eigenvalue weighted by molar-refractivity contribution is 6.99. The average Bonchev–Trinajstić information content (AvgIpc) is 3.03. The molecular formula is C35H46F2N2O5Si. The Hall–Kier alpha value is -3.15. The summed E-state index contributed by atoms with van der Waals surface area (Å²) in [6.45, 7) is 8.35. The largest absolute Gasteiger partial charge is 0.445 e. The zero-order valence-electron chi connectivity index (χ0n) is 26.5. The minimum atomic E-state index is -3.11. The molecule has 3 aromatic carbocycles. The first-order valence-electron chi connectivity index (χ1n) is 15.6. The van der Waals surface area contributed by atoms with Crippen LogP contribution in [0.3, 0.4) is 0 Å². The Morgan fingerprint density at radius 1 is 0.844 bits per heavy atom. The monoisotopic (exact) mass is 640 g/mol. The second-order valence-electron chi connectivity index (χ2n) is 12.4. The van der Waals surface area contributed by atoms with Crippen LogP contribution in [0.15, 0.2) is 91.0 Å². The first kappa shape index (κ1) is 34.7. The van der Waals surface area contributed by atoms with E-state index in [-0.39, 0.29) is 18.3 Å². The Bertz CT molecular complexity index is 1260. The second kappa shape index (κ2) is 16.4. The molecule has 2 N–H and O–H groups in total. The maximum Gasteiger partial charge on any atom is 0.407 e. The van der Waals surface area contributed by atoms with Gasteiger partial charge in [0.1, 0.15) is 12.6 Å². The molecule has 0 spiro atoms. The number of nitrogens with one attached hydrogen (secondary N) is 2. The van der Waals surface area contributed by atoms with Gasteiger partial charge in [0, 0.05) is 13.2 Å². The molecule has 0 bridgehead atoms. The first-order valence-corrected chi connectivity index (χ1v) is 17.5. The first-order chi connectivity index (χ1) is 21.6. The number of ether oxygens (including phenoxy) is 3. The molecule has 45 heavy (non-hydrogen) atoms. The van der Waals surface area contributed by atoms with Gasteiger partial charge in [-0.1, -0.05) is 112 Å². The molecule has 1 fully saturated rings. The molecule has 3 aromatic rings. The summed E-state index contributed by atoms with van der Waals surface area (Å²) in [6, 6.07) is 28.7. The molecule has 0 aromatic heterocycles. The highest BCUT2D eigenvalue weighted by Crippen LogP contribution is 2.36. The van der Waals surface area contributed by atoms with Crippen LogP contribution < -0.4 is 21.0 Å². The van der Waals surface area contributed by atoms with Crippen molar-refractivity contribution in [3.8, 4) is 0 Å². The fourth-order valence-corrected chi connectivity index (χ4v) is 10.5. The lowest BCUT2D eigenvalue weighted by Crippen LogP contribution is -2.66. The van der Waals surface area contributed by atoms with Crippen LogP contribution in [0.25, 0.3) is 0 Å². The Kier molecular flexibility index (Phi) is 12.7. The number of carbonyl (C=O) groups is 1. The van der Waals surface area contributed by atoms with Gasteiger partial charge in [-0.2, -0.15) is 0 Å². The van der Waals surface area contributed by atoms with E-state index in [2.05, 4.69) is 79.9 Å². The van der Waals surface area contributed by atoms with Gasteiger partial charge in [0.25, 0.3) is 14.2 Å². The van der Waals surface area contributed by atoms with Gasteiger partial charge < -0.3 is 29.3 Å². The van der Waals surface area contributed by atoms with Crippen molar-refractivity contribution >= 4 is 24.8 Å². The number of carbonyl (C=O) groups excluding carboxylic acids is 1. The zero-order chi connectivity index (χ0) is 32.2. The van der Waals surface area contributed by atoms with Gasteiger partial charge in [0.2, 0.25) is 0 Å². The van der Waals surface area contributed by atoms with Crippen molar-refractivity contribution in [3.63, 3.8) is 0 Å². The van der Waals surface area contributed by atoms with Gasteiger partial charge in [0.15, 0.2) is 0 Å². The summed E-state index contributed by atoms with van der Waals surface area (Å²) < 4.78 is 53.1. The van der Waals surface area contributed by atoms with Crippen LogP contribution in [0.5, 0.6) is 0 Å². The summed E-state index contributed by atoms with van der Waals surface area (Å²) in [5.74, 6) is -3.62. The molecule has 0 saturated carbocycles. The molecule has 4 rings (SSSR count). The lowest BCUT2D eigenvalue weighted by molar-refractivity contribution is -0.0759. The van der Waals surface area contributed by atoms with Crippen molar-refractivity contribution in [1.82, 2.24) is 10.6 Å². The molecule has 1 saturated heterocycles. The number of alkyl halides is 2. The van der Waals surface area contributed by atoms with Crippen molar-refractivity contribution in [3.05, 3.63) is 96.6 Å². The molecule has 1 heterocycles. The van der Waals surface area contributed by atoms with Crippen LogP contribution in [0.2, 0.25) is 5.04 Å². The van der Waals surface area contributed by atoms with E-state index < -0.39 is 38.8 Å². The molecule has 10 heteroatoms. The second-order valence-corrected chi connectivity index (χ2v) is 16.7. The number of piperidine rings is 1. The third-order valence-electron chi connectivity index (χ3n) is 8.15. The molecule has 1 aliphatic rings. The summed E-state index contributed by atoms with van der Waals surface area (Å²) in [7, 11) is -2.62. The lowest BCUT2D eigenvalue weighted by Gasteiger charge is -2.43. The Labute approximate surface area is 266 Å². The predicted octanol–water partition coefficient (Wildman–Crippen LogP) is 5.14. The third kappa shape index (κ3) is 9.43. The SMILES string of the molecule is CC(C)(C)[Si](OCCOCCOCCC1CNCC(F)(F)C1NC(=O)OCc1ccccc1)(c1ccccc1)c1ccccc1. The van der Waals surface area contributed by atoms with E-state index in [1.165, 1.54) is 10.4 Å². The van der Waals surface area contributed by atoms with E-state index in [4.69, 9.17) is 18.6 Å². The van der Waals surface area contributed by atoms with E-state index >= 15 is 0 Å². The number of rotatable bonds is 15. The fourth-order valence-electron chi connectivity index (χ4n) is 5.95. The van der Waals surface area contributed by atoms with Gasteiger partial charge in [-0.25, -0.2) is 13.6 Å². The number of hydrogen-bond acceptors (Lipinski definition) is 6. The summed E-state index contributed by atoms with van der Waals surface area (Å²) in [5.41, 5.74) is 0.784. The number of halogens is 2. The molecule has 2 unspecified atom stereocenters. The molecule has 2 atom stereocenters. The van der Waals surface area contributed by atoms with Crippen molar-refractivity contribution < 1.29 is 32.2 Å². The van der Waals surface area contributed by atoms with Gasteiger partial charge in [0.05, 0.1) is 33.0 Å². The Balaban J connectivity index is 1.21. The highest BCUT2D eigenvalue weighted by atomic mass is 28.4. The smallest absolute Gasteiger partial charge is 0.407 e. The third-order valence-corrected chi connectivity index (χ3v) is 13.2. The van der Waals surface area contributed by atoms with Crippen molar-refractivity contribution in [2.75, 3.05) is 46.1 Å². The molecule has 7 nitrogen and oxygen atoms in total. The van der Waals surface area contributed by atoms with Crippen molar-refractivity contribution in [2.24, 2.45) is 5.92 Å². The number of amides is 1. The van der Waals surface area contributed by atoms with Crippen LogP contribution in [0.4, 0.5) is 13.6 Å². The molecule has 0 radical (unpaired) electrons. The normalized spacial score (nSPS) is 18.3. The Morgan fingerprint density at radius 2 is 1.38 bits per heavy atom. The van der Waals surface area contributed by atoms with Gasteiger partial charge in [-0.05, 0) is 33.3 Å². The van der Waals surface area contributed by atoms with Crippen LogP contribution >= 0.6 is 0 Å². The predicted molar refractivity (Wildman–Crippen MR) is 175 cm³/mol. The van der Waals surface area contributed by atoms with Gasteiger partial charge in [-0.15, -0.1) is 0 Å². The van der Waals surface area contributed by atoms with Gasteiger partial charge >= 0.3 is 6.09 Å². The zero-order valence-corrected chi connectivity index (χ0v) is 27.5. The summed E-state index contributed by atoms with van der Waals surface area (Å²) >= 11 is 0. The average molecular weight is 641 g/mol. The molecular weight excluding hydrogens is 594 g/mol. The summed E-state index contributed by atoms with van der Waals surface area (Å²) in [4.78, 5) is 12.4. The van der Waals surface area contributed by atoms with Crippen LogP contribution in [0.1, 0.15) is 32.8 Å². The van der Waals surface area contributed by atoms with Crippen molar-refractivity contribution in [1.29, 1.82) is 0 Å². The topological polar surface area (TPSA) is 78.0 Å². The summed E-state index contributed by atoms with van der Waals surface area (Å²) in [5, 5.41) is 7.50. The quantitative estimate of drug-likeness (QED) is 0.177. The van der Waals surface area contributed by atoms with Crippen LogP contribution in [-0.2, 0) is 25.2 Å². The van der Waals surface area contributed by atoms with E-state index in [1.807, 2.05) is 30.3 Å². The maximum atomic E-state index is 14.8. The summed E-state index contributed by atoms with van der Waals surface area (Å²) in [6.07, 6.45) is -0.506. The van der Waals surface area contributed by atoms with Gasteiger partial charge in [-0.3, -0.25) is 0 Å².